The number of carbonyl (C=O) groups excluding carboxylic acids is 2. The van der Waals surface area contributed by atoms with E-state index < -0.39 is 0 Å². The van der Waals surface area contributed by atoms with Gasteiger partial charge in [-0.1, -0.05) is 24.9 Å². The van der Waals surface area contributed by atoms with Crippen molar-refractivity contribution in [2.24, 2.45) is 0 Å². The van der Waals surface area contributed by atoms with Gasteiger partial charge in [0.15, 0.2) is 0 Å². The van der Waals surface area contributed by atoms with Crippen molar-refractivity contribution in [3.8, 4) is 0 Å². The molecule has 3 N–H and O–H groups in total. The molecule has 6 nitrogen and oxygen atoms in total. The summed E-state index contributed by atoms with van der Waals surface area (Å²) < 4.78 is 3.26. The predicted molar refractivity (Wildman–Crippen MR) is 99.4 cm³/mol. The van der Waals surface area contributed by atoms with Crippen LogP contribution in [0.25, 0.3) is 0 Å². The van der Waals surface area contributed by atoms with E-state index in [1.807, 2.05) is 25.1 Å². The molecule has 2 rings (SSSR count). The van der Waals surface area contributed by atoms with E-state index in [2.05, 4.69) is 28.9 Å². The highest BCUT2D eigenvalue weighted by molar-refractivity contribution is 8.00. The highest BCUT2D eigenvalue weighted by Gasteiger charge is 2.32. The molecule has 0 saturated carbocycles. The lowest BCUT2D eigenvalue weighted by Gasteiger charge is -2.39. The summed E-state index contributed by atoms with van der Waals surface area (Å²) in [5.74, 6) is 0.972. The van der Waals surface area contributed by atoms with Gasteiger partial charge in [-0.25, -0.2) is 4.79 Å². The summed E-state index contributed by atoms with van der Waals surface area (Å²) in [6, 6.07) is 5.45. The number of amides is 3. The molecule has 1 aliphatic heterocycles. The number of likely N-dealkylation sites (tertiary alicyclic amines) is 1. The lowest BCUT2D eigenvalue weighted by Crippen LogP contribution is -2.62. The second kappa shape index (κ2) is 8.63. The fourth-order valence-corrected chi connectivity index (χ4v) is 2.91. The Morgan fingerprint density at radius 2 is 2.17 bits per heavy atom. The first kappa shape index (κ1) is 18.2. The number of benzene rings is 1. The Balaban J connectivity index is 1.84. The minimum absolute atomic E-state index is 0.00163. The number of anilines is 1. The number of carbonyl (C=O) groups is 2. The van der Waals surface area contributed by atoms with E-state index in [4.69, 9.17) is 0 Å². The molecule has 0 bridgehead atoms. The van der Waals surface area contributed by atoms with Crippen molar-refractivity contribution in [2.75, 3.05) is 30.1 Å². The maximum atomic E-state index is 12.5. The number of urea groups is 1. The highest BCUT2D eigenvalue weighted by Crippen LogP contribution is 2.22. The summed E-state index contributed by atoms with van der Waals surface area (Å²) in [7, 11) is 0. The molecule has 0 atom stereocenters. The molecule has 7 heteroatoms. The average Bonchev–Trinajstić information content (AvgIpc) is 2.54. The molecule has 130 valence electrons. The van der Waals surface area contributed by atoms with Gasteiger partial charge in [0.1, 0.15) is 0 Å². The molecule has 1 aliphatic rings. The molecule has 1 aromatic rings. The first-order valence-electron chi connectivity index (χ1n) is 7.98. The summed E-state index contributed by atoms with van der Waals surface area (Å²) in [6.45, 7) is 9.10. The van der Waals surface area contributed by atoms with Gasteiger partial charge in [-0.3, -0.25) is 4.79 Å². The van der Waals surface area contributed by atoms with Crippen molar-refractivity contribution in [3.63, 3.8) is 0 Å². The SMILES string of the molecule is C=CCNC(=O)NC1CN(C(=O)c2ccc(NSCC)c(C)c2)C1. The topological polar surface area (TPSA) is 73.5 Å². The lowest BCUT2D eigenvalue weighted by atomic mass is 10.0. The quantitative estimate of drug-likeness (QED) is 0.522. The summed E-state index contributed by atoms with van der Waals surface area (Å²) in [5, 5.41) is 5.48. The van der Waals surface area contributed by atoms with Crippen LogP contribution >= 0.6 is 11.9 Å². The van der Waals surface area contributed by atoms with Crippen LogP contribution in [0.4, 0.5) is 10.5 Å². The maximum absolute atomic E-state index is 12.5. The molecule has 0 radical (unpaired) electrons. The monoisotopic (exact) mass is 348 g/mol. The lowest BCUT2D eigenvalue weighted by molar-refractivity contribution is 0.0577. The van der Waals surface area contributed by atoms with Crippen molar-refractivity contribution in [2.45, 2.75) is 19.9 Å². The zero-order valence-electron chi connectivity index (χ0n) is 14.1. The molecule has 0 spiro atoms. The van der Waals surface area contributed by atoms with Crippen LogP contribution in [0.15, 0.2) is 30.9 Å². The standard InChI is InChI=1S/C17H24N4O2S/c1-4-8-18-17(23)19-14-10-21(11-14)16(22)13-6-7-15(12(3)9-13)20-24-5-2/h4,6-7,9,14,20H,1,5,8,10-11H2,2-3H3,(H2,18,19,23). The number of aryl methyl sites for hydroxylation is 1. The Kier molecular flexibility index (Phi) is 6.54. The van der Waals surface area contributed by atoms with Crippen LogP contribution < -0.4 is 15.4 Å². The third-order valence-electron chi connectivity index (χ3n) is 3.71. The van der Waals surface area contributed by atoms with Crippen molar-refractivity contribution in [3.05, 3.63) is 42.0 Å². The maximum Gasteiger partial charge on any atom is 0.315 e. The van der Waals surface area contributed by atoms with E-state index >= 15 is 0 Å². The fraction of sp³-hybridized carbons (Fsp3) is 0.412. The minimum Gasteiger partial charge on any atom is -0.335 e. The molecule has 1 heterocycles. The summed E-state index contributed by atoms with van der Waals surface area (Å²) in [6.07, 6.45) is 1.62. The van der Waals surface area contributed by atoms with Crippen LogP contribution in [0, 0.1) is 6.92 Å². The van der Waals surface area contributed by atoms with Crippen LogP contribution in [0.3, 0.4) is 0 Å². The van der Waals surface area contributed by atoms with Gasteiger partial charge in [0.05, 0.1) is 6.04 Å². The van der Waals surface area contributed by atoms with E-state index in [1.165, 1.54) is 0 Å². The normalized spacial score (nSPS) is 13.8. The third-order valence-corrected chi connectivity index (χ3v) is 4.36. The van der Waals surface area contributed by atoms with E-state index in [-0.39, 0.29) is 18.0 Å². The first-order valence-corrected chi connectivity index (χ1v) is 8.96. The molecular weight excluding hydrogens is 324 g/mol. The van der Waals surface area contributed by atoms with Crippen molar-refractivity contribution < 1.29 is 9.59 Å². The van der Waals surface area contributed by atoms with Crippen molar-refractivity contribution in [1.82, 2.24) is 15.5 Å². The van der Waals surface area contributed by atoms with Gasteiger partial charge < -0.3 is 20.3 Å². The van der Waals surface area contributed by atoms with E-state index in [1.54, 1.807) is 22.9 Å². The third kappa shape index (κ3) is 4.67. The Morgan fingerprint density at radius 1 is 1.42 bits per heavy atom. The van der Waals surface area contributed by atoms with Crippen molar-refractivity contribution in [1.29, 1.82) is 0 Å². The Hall–Kier alpha value is -2.15. The van der Waals surface area contributed by atoms with Gasteiger partial charge in [0.25, 0.3) is 5.91 Å². The average molecular weight is 348 g/mol. The van der Waals surface area contributed by atoms with E-state index in [0.29, 0.717) is 25.2 Å². The number of nitrogens with one attached hydrogen (secondary N) is 3. The largest absolute Gasteiger partial charge is 0.335 e. The van der Waals surface area contributed by atoms with Gasteiger partial charge >= 0.3 is 6.03 Å². The van der Waals surface area contributed by atoms with E-state index in [0.717, 1.165) is 17.0 Å². The van der Waals surface area contributed by atoms with Crippen LogP contribution in [0.5, 0.6) is 0 Å². The molecule has 1 saturated heterocycles. The number of hydrogen-bond donors (Lipinski definition) is 3. The Labute approximate surface area is 147 Å². The molecule has 24 heavy (non-hydrogen) atoms. The Morgan fingerprint density at radius 3 is 2.79 bits per heavy atom. The van der Waals surface area contributed by atoms with Gasteiger partial charge in [0, 0.05) is 36.6 Å². The summed E-state index contributed by atoms with van der Waals surface area (Å²) in [4.78, 5) is 25.7. The highest BCUT2D eigenvalue weighted by atomic mass is 32.2. The van der Waals surface area contributed by atoms with Gasteiger partial charge in [-0.05, 0) is 30.7 Å². The molecule has 0 aromatic heterocycles. The molecule has 1 fully saturated rings. The second-order valence-corrected chi connectivity index (χ2v) is 6.69. The molecular formula is C17H24N4O2S. The smallest absolute Gasteiger partial charge is 0.315 e. The van der Waals surface area contributed by atoms with Gasteiger partial charge in [-0.2, -0.15) is 0 Å². The first-order chi connectivity index (χ1) is 11.5. The summed E-state index contributed by atoms with van der Waals surface area (Å²) in [5.41, 5.74) is 2.75. The van der Waals surface area contributed by atoms with Gasteiger partial charge in [0.2, 0.25) is 0 Å². The van der Waals surface area contributed by atoms with E-state index in [9.17, 15) is 9.59 Å². The number of nitrogens with zero attached hydrogens (tertiary/aromatic N) is 1. The molecule has 1 aromatic carbocycles. The predicted octanol–water partition coefficient (Wildman–Crippen LogP) is 2.38. The second-order valence-electron chi connectivity index (χ2n) is 5.61. The summed E-state index contributed by atoms with van der Waals surface area (Å²) >= 11 is 1.63. The van der Waals surface area contributed by atoms with Gasteiger partial charge in [-0.15, -0.1) is 6.58 Å². The molecule has 0 aliphatic carbocycles. The number of hydrogen-bond acceptors (Lipinski definition) is 4. The molecule has 3 amide bonds. The van der Waals surface area contributed by atoms with Crippen LogP contribution in [0.2, 0.25) is 0 Å². The minimum atomic E-state index is -0.230. The van der Waals surface area contributed by atoms with Crippen LogP contribution in [-0.4, -0.2) is 48.3 Å². The fourth-order valence-electron chi connectivity index (χ4n) is 2.38. The van der Waals surface area contributed by atoms with Crippen LogP contribution in [0.1, 0.15) is 22.8 Å². The molecule has 0 unspecified atom stereocenters. The number of rotatable bonds is 7. The van der Waals surface area contributed by atoms with Crippen LogP contribution in [-0.2, 0) is 0 Å². The zero-order valence-corrected chi connectivity index (χ0v) is 14.9. The van der Waals surface area contributed by atoms with Crippen molar-refractivity contribution >= 4 is 29.6 Å². The zero-order chi connectivity index (χ0) is 17.5. The Bertz CT molecular complexity index is 615.